The summed E-state index contributed by atoms with van der Waals surface area (Å²) >= 11 is 0. The summed E-state index contributed by atoms with van der Waals surface area (Å²) in [7, 11) is 0. The number of benzene rings is 5. The Labute approximate surface area is 282 Å². The number of ether oxygens (including phenoxy) is 1. The molecule has 13 rings (SSSR count). The highest BCUT2D eigenvalue weighted by molar-refractivity contribution is 6.12. The van der Waals surface area contributed by atoms with Gasteiger partial charge in [0.05, 0.1) is 18.0 Å². The summed E-state index contributed by atoms with van der Waals surface area (Å²) in [6.45, 7) is 4.79. The normalized spacial score (nSPS) is 18.4. The predicted molar refractivity (Wildman–Crippen MR) is 191 cm³/mol. The first-order valence-corrected chi connectivity index (χ1v) is 17.1. The van der Waals surface area contributed by atoms with E-state index in [0.29, 0.717) is 0 Å². The Balaban J connectivity index is 1.35. The minimum Gasteiger partial charge on any atom is -0.456 e. The van der Waals surface area contributed by atoms with E-state index >= 15 is 0 Å². The van der Waals surface area contributed by atoms with Gasteiger partial charge in [-0.05, 0) is 65.7 Å². The van der Waals surface area contributed by atoms with E-state index in [0.717, 1.165) is 17.3 Å². The average molecular weight is 629 g/mol. The average Bonchev–Trinajstić information content (AvgIpc) is 3.42. The Morgan fingerprint density at radius 2 is 1.27 bits per heavy atom. The second-order valence-electron chi connectivity index (χ2n) is 14.5. The highest BCUT2D eigenvalue weighted by Gasteiger charge is 2.67. The number of rotatable bonds is 0. The third kappa shape index (κ3) is 2.44. The van der Waals surface area contributed by atoms with Gasteiger partial charge in [-0.25, -0.2) is 0 Å². The first kappa shape index (κ1) is 24.9. The van der Waals surface area contributed by atoms with Gasteiger partial charge in [-0.15, -0.1) is 0 Å². The Morgan fingerprint density at radius 1 is 0.551 bits per heavy atom. The van der Waals surface area contributed by atoms with Crippen LogP contribution in [0.2, 0.25) is 0 Å². The second kappa shape index (κ2) is 7.74. The van der Waals surface area contributed by atoms with E-state index in [-0.39, 0.29) is 5.41 Å². The van der Waals surface area contributed by atoms with Crippen molar-refractivity contribution in [1.82, 2.24) is 4.57 Å². The third-order valence-corrected chi connectivity index (χ3v) is 12.1. The number of aromatic nitrogens is 3. The molecule has 0 fully saturated rings. The Bertz CT molecular complexity index is 2920. The topological polar surface area (TPSA) is 25.2 Å². The van der Waals surface area contributed by atoms with Crippen LogP contribution >= 0.6 is 0 Å². The molecule has 1 spiro atoms. The van der Waals surface area contributed by atoms with E-state index in [2.05, 4.69) is 166 Å². The van der Waals surface area contributed by atoms with Crippen LogP contribution in [0.4, 0.5) is 17.2 Å². The van der Waals surface area contributed by atoms with Gasteiger partial charge in [0.2, 0.25) is 0 Å². The van der Waals surface area contributed by atoms with Gasteiger partial charge in [0, 0.05) is 38.9 Å². The Hall–Kier alpha value is -6.20. The molecule has 8 aromatic rings. The first-order valence-electron chi connectivity index (χ1n) is 17.1. The number of fused-ring (bicyclic) bond motifs is 8. The lowest BCUT2D eigenvalue weighted by molar-refractivity contribution is -0.965. The highest BCUT2D eigenvalue weighted by Crippen LogP contribution is 2.65. The van der Waals surface area contributed by atoms with Crippen molar-refractivity contribution in [3.05, 3.63) is 156 Å². The number of anilines is 3. The van der Waals surface area contributed by atoms with Crippen molar-refractivity contribution < 1.29 is 13.9 Å². The predicted octanol–water partition coefficient (Wildman–Crippen LogP) is 9.15. The molecule has 5 aromatic carbocycles. The third-order valence-electron chi connectivity index (χ3n) is 12.1. The van der Waals surface area contributed by atoms with Crippen molar-refractivity contribution in [2.45, 2.75) is 24.9 Å². The summed E-state index contributed by atoms with van der Waals surface area (Å²) < 4.78 is 14.7. The van der Waals surface area contributed by atoms with Crippen LogP contribution in [0.15, 0.2) is 134 Å². The Morgan fingerprint density at radius 3 is 2.16 bits per heavy atom. The lowest BCUT2D eigenvalue weighted by Crippen LogP contribution is -2.79. The van der Waals surface area contributed by atoms with Crippen LogP contribution in [0.1, 0.15) is 36.1 Å². The fraction of sp³-hybridized carbons (Fsp3) is 0.0909. The lowest BCUT2D eigenvalue weighted by Gasteiger charge is -2.47. The minimum atomic E-state index is -0.765. The molecule has 0 amide bonds. The molecule has 0 N–H and O–H groups in total. The van der Waals surface area contributed by atoms with Crippen molar-refractivity contribution >= 4 is 39.0 Å². The zero-order valence-electron chi connectivity index (χ0n) is 26.9. The summed E-state index contributed by atoms with van der Waals surface area (Å²) in [6.07, 6.45) is 4.60. The molecule has 0 saturated heterocycles. The zero-order chi connectivity index (χ0) is 32.0. The molecule has 5 aliphatic rings. The van der Waals surface area contributed by atoms with Crippen molar-refractivity contribution in [2.24, 2.45) is 0 Å². The molecule has 8 heterocycles. The second-order valence-corrected chi connectivity index (χ2v) is 14.5. The van der Waals surface area contributed by atoms with E-state index in [9.17, 15) is 0 Å². The summed E-state index contributed by atoms with van der Waals surface area (Å²) in [5.41, 5.74) is 13.8. The van der Waals surface area contributed by atoms with Gasteiger partial charge in [-0.1, -0.05) is 74.5 Å². The van der Waals surface area contributed by atoms with Crippen molar-refractivity contribution in [1.29, 1.82) is 0 Å². The van der Waals surface area contributed by atoms with E-state index in [4.69, 9.17) is 4.74 Å². The summed E-state index contributed by atoms with van der Waals surface area (Å²) in [4.78, 5) is 2.59. The van der Waals surface area contributed by atoms with Gasteiger partial charge in [-0.3, -0.25) is 0 Å². The molecule has 0 saturated carbocycles. The quantitative estimate of drug-likeness (QED) is 0.157. The van der Waals surface area contributed by atoms with Gasteiger partial charge in [0.25, 0.3) is 11.6 Å². The largest absolute Gasteiger partial charge is 0.456 e. The fourth-order valence-corrected chi connectivity index (χ4v) is 10.3. The molecule has 5 heteroatoms. The SMILES string of the molecule is CC1(C)c2cccc3c2N2c4c(ccc5c4C4(c6c(ccc7c8ccccc8n(c67)-c6cccc[n+]64)O5)[n+]4cccc1c42)-c1ccccc1-3. The van der Waals surface area contributed by atoms with E-state index in [1.807, 2.05) is 0 Å². The van der Waals surface area contributed by atoms with E-state index in [1.54, 1.807) is 0 Å². The smallest absolute Gasteiger partial charge is 0.321 e. The van der Waals surface area contributed by atoms with Crippen molar-refractivity contribution in [3.63, 3.8) is 0 Å². The number of pyridine rings is 2. The van der Waals surface area contributed by atoms with Crippen LogP contribution in [0, 0.1) is 0 Å². The van der Waals surface area contributed by atoms with Gasteiger partial charge < -0.3 is 4.74 Å². The molecule has 5 aliphatic heterocycles. The summed E-state index contributed by atoms with van der Waals surface area (Å²) in [6, 6.07) is 44.9. The minimum absolute atomic E-state index is 0.251. The molecule has 1 atom stereocenters. The maximum Gasteiger partial charge on any atom is 0.321 e. The number of para-hydroxylation sites is 2. The molecule has 1 unspecified atom stereocenters. The lowest BCUT2D eigenvalue weighted by atomic mass is 9.71. The highest BCUT2D eigenvalue weighted by atomic mass is 16.5. The number of nitrogens with zero attached hydrogens (tertiary/aromatic N) is 4. The monoisotopic (exact) mass is 628 g/mol. The number of hydrogen-bond donors (Lipinski definition) is 0. The zero-order valence-corrected chi connectivity index (χ0v) is 26.9. The van der Waals surface area contributed by atoms with Crippen LogP contribution in [0.3, 0.4) is 0 Å². The number of hydrogen-bond acceptors (Lipinski definition) is 2. The van der Waals surface area contributed by atoms with Crippen LogP contribution in [0.25, 0.3) is 49.9 Å². The maximum atomic E-state index is 7.12. The van der Waals surface area contributed by atoms with Crippen molar-refractivity contribution in [2.75, 3.05) is 4.90 Å². The van der Waals surface area contributed by atoms with Gasteiger partial charge in [-0.2, -0.15) is 18.6 Å². The van der Waals surface area contributed by atoms with Gasteiger partial charge >= 0.3 is 5.66 Å². The van der Waals surface area contributed by atoms with Gasteiger partial charge in [0.15, 0.2) is 11.2 Å². The molecular weight excluding hydrogens is 601 g/mol. The molecule has 0 radical (unpaired) electrons. The Kier molecular flexibility index (Phi) is 3.93. The summed E-state index contributed by atoms with van der Waals surface area (Å²) in [5, 5.41) is 2.49. The van der Waals surface area contributed by atoms with Gasteiger partial charge in [0.1, 0.15) is 33.8 Å². The molecule has 49 heavy (non-hydrogen) atoms. The molecule has 228 valence electrons. The van der Waals surface area contributed by atoms with E-state index < -0.39 is 5.66 Å². The fourth-order valence-electron chi connectivity index (χ4n) is 10.3. The molecular formula is C44H28N4O+2. The summed E-state index contributed by atoms with van der Waals surface area (Å²) in [5.74, 6) is 4.13. The van der Waals surface area contributed by atoms with Crippen LogP contribution < -0.4 is 18.8 Å². The molecule has 5 nitrogen and oxygen atoms in total. The van der Waals surface area contributed by atoms with Crippen LogP contribution in [-0.2, 0) is 11.1 Å². The molecule has 0 aliphatic carbocycles. The molecule has 3 aromatic heterocycles. The molecule has 0 bridgehead atoms. The first-order chi connectivity index (χ1) is 24.1. The van der Waals surface area contributed by atoms with E-state index in [1.165, 1.54) is 83.5 Å². The van der Waals surface area contributed by atoms with Crippen LogP contribution in [-0.4, -0.2) is 4.57 Å². The maximum absolute atomic E-state index is 7.12. The van der Waals surface area contributed by atoms with Crippen molar-refractivity contribution in [3.8, 4) is 39.6 Å². The van der Waals surface area contributed by atoms with Crippen LogP contribution in [0.5, 0.6) is 11.5 Å². The standard InChI is InChI=1S/C44H28N4O/c1-43(2)31-15-9-14-28-25-11-3-4-12-26(25)29-19-21-35-38-41(29)48(39(28)31)42-32(43)16-10-24-46(42)44(38)37-34(49-35)22-20-30-27-13-5-6-17-33(27)47(40(30)37)36-18-7-8-23-45(36)44/h3-24H,1-2H3/q+2.